The molecule has 4 aliphatic rings. The van der Waals surface area contributed by atoms with E-state index in [4.69, 9.17) is 10.5 Å². The van der Waals surface area contributed by atoms with Gasteiger partial charge >= 0.3 is 0 Å². The third kappa shape index (κ3) is 3.60. The number of hydrogen-bond acceptors (Lipinski definition) is 5. The zero-order chi connectivity index (χ0) is 22.5. The van der Waals surface area contributed by atoms with E-state index in [-0.39, 0.29) is 11.3 Å². The van der Waals surface area contributed by atoms with Crippen molar-refractivity contribution in [3.63, 3.8) is 0 Å². The van der Waals surface area contributed by atoms with Gasteiger partial charge in [-0.1, -0.05) is 31.0 Å². The molecule has 2 atom stereocenters. The van der Waals surface area contributed by atoms with Gasteiger partial charge in [0.25, 0.3) is 5.91 Å². The molecule has 2 saturated carbocycles. The van der Waals surface area contributed by atoms with Gasteiger partial charge in [-0.2, -0.15) is 0 Å². The minimum atomic E-state index is -0.706. The van der Waals surface area contributed by atoms with Crippen molar-refractivity contribution in [3.8, 4) is 0 Å². The molecular weight excluding hydrogens is 400 g/mol. The highest BCUT2D eigenvalue weighted by Gasteiger charge is 2.67. The van der Waals surface area contributed by atoms with Crippen molar-refractivity contribution in [2.45, 2.75) is 75.7 Å². The SMILES string of the molecule is COC1CCC2(CC1)Cc1ccc(CCC3CC3)cc1C21NC(N)N(CCN(C)C)C1=O. The number of aryl methyl sites for hydroxylation is 1. The van der Waals surface area contributed by atoms with Gasteiger partial charge in [-0.05, 0) is 81.6 Å². The maximum atomic E-state index is 14.3. The number of rotatable bonds is 7. The first-order valence-electron chi connectivity index (χ1n) is 12.5. The maximum Gasteiger partial charge on any atom is 0.250 e. The largest absolute Gasteiger partial charge is 0.381 e. The molecule has 1 saturated heterocycles. The monoisotopic (exact) mass is 440 g/mol. The summed E-state index contributed by atoms with van der Waals surface area (Å²) >= 11 is 0. The van der Waals surface area contributed by atoms with E-state index >= 15 is 0 Å². The third-order valence-corrected chi connectivity index (χ3v) is 8.73. The van der Waals surface area contributed by atoms with Gasteiger partial charge < -0.3 is 14.5 Å². The van der Waals surface area contributed by atoms with E-state index < -0.39 is 11.8 Å². The predicted octanol–water partition coefficient (Wildman–Crippen LogP) is 2.59. The Hall–Kier alpha value is -1.47. The van der Waals surface area contributed by atoms with Crippen LogP contribution in [0.25, 0.3) is 0 Å². The first-order chi connectivity index (χ1) is 15.4. The molecular formula is C26H40N4O2. The minimum absolute atomic E-state index is 0.124. The molecule has 176 valence electrons. The van der Waals surface area contributed by atoms with Gasteiger partial charge in [0, 0.05) is 25.6 Å². The number of benzene rings is 1. The van der Waals surface area contributed by atoms with E-state index in [1.165, 1.54) is 36.0 Å². The summed E-state index contributed by atoms with van der Waals surface area (Å²) in [5, 5.41) is 3.70. The van der Waals surface area contributed by atoms with E-state index in [2.05, 4.69) is 28.4 Å². The lowest BCUT2D eigenvalue weighted by Crippen LogP contribution is -2.57. The average Bonchev–Trinajstić information content (AvgIpc) is 3.52. The molecule has 1 heterocycles. The molecule has 1 aromatic rings. The summed E-state index contributed by atoms with van der Waals surface area (Å²) in [7, 11) is 5.89. The summed E-state index contributed by atoms with van der Waals surface area (Å²) in [6, 6.07) is 6.96. The second-order valence-electron chi connectivity index (χ2n) is 11.0. The van der Waals surface area contributed by atoms with Crippen molar-refractivity contribution in [2.24, 2.45) is 17.1 Å². The van der Waals surface area contributed by atoms with Crippen LogP contribution in [0.15, 0.2) is 18.2 Å². The number of ether oxygens (including phenoxy) is 1. The summed E-state index contributed by atoms with van der Waals surface area (Å²) in [5.41, 5.74) is 9.68. The standard InChI is InChI=1S/C26H40N4O2/c1-29(2)14-15-30-23(31)26(28-24(30)27)22-16-19(7-6-18-4-5-18)8-9-20(22)17-25(26)12-10-21(32-3)11-13-25/h8-9,16,18,21,24,28H,4-7,10-15,17,27H2,1-3H3. The molecule has 6 heteroatoms. The summed E-state index contributed by atoms with van der Waals surface area (Å²) in [5.74, 6) is 1.09. The summed E-state index contributed by atoms with van der Waals surface area (Å²) < 4.78 is 5.69. The van der Waals surface area contributed by atoms with E-state index in [1.54, 1.807) is 0 Å². The lowest BCUT2D eigenvalue weighted by atomic mass is 9.61. The smallest absolute Gasteiger partial charge is 0.250 e. The van der Waals surface area contributed by atoms with Crippen LogP contribution in [-0.2, 0) is 27.9 Å². The third-order valence-electron chi connectivity index (χ3n) is 8.73. The first kappa shape index (κ1) is 22.3. The minimum Gasteiger partial charge on any atom is -0.381 e. The van der Waals surface area contributed by atoms with Gasteiger partial charge in [0.05, 0.1) is 6.10 Å². The number of nitrogens with zero attached hydrogens (tertiary/aromatic N) is 2. The second kappa shape index (κ2) is 8.39. The zero-order valence-electron chi connectivity index (χ0n) is 20.0. The molecule has 2 unspecified atom stereocenters. The average molecular weight is 441 g/mol. The predicted molar refractivity (Wildman–Crippen MR) is 126 cm³/mol. The van der Waals surface area contributed by atoms with Crippen LogP contribution < -0.4 is 11.1 Å². The molecule has 32 heavy (non-hydrogen) atoms. The highest BCUT2D eigenvalue weighted by atomic mass is 16.5. The van der Waals surface area contributed by atoms with Crippen molar-refractivity contribution >= 4 is 5.91 Å². The van der Waals surface area contributed by atoms with Gasteiger partial charge in [-0.25, -0.2) is 0 Å². The maximum absolute atomic E-state index is 14.3. The Kier molecular flexibility index (Phi) is 5.85. The van der Waals surface area contributed by atoms with Gasteiger partial charge in [-0.15, -0.1) is 0 Å². The fraction of sp³-hybridized carbons (Fsp3) is 0.731. The molecule has 0 aromatic heterocycles. The molecule has 6 nitrogen and oxygen atoms in total. The second-order valence-corrected chi connectivity index (χ2v) is 11.0. The van der Waals surface area contributed by atoms with E-state index in [1.807, 2.05) is 26.1 Å². The van der Waals surface area contributed by atoms with Crippen molar-refractivity contribution in [1.82, 2.24) is 15.1 Å². The van der Waals surface area contributed by atoms with E-state index in [0.717, 1.165) is 51.0 Å². The summed E-state index contributed by atoms with van der Waals surface area (Å²) in [6.45, 7) is 1.46. The summed E-state index contributed by atoms with van der Waals surface area (Å²) in [4.78, 5) is 18.3. The van der Waals surface area contributed by atoms with Crippen molar-refractivity contribution in [3.05, 3.63) is 34.9 Å². The van der Waals surface area contributed by atoms with Crippen LogP contribution >= 0.6 is 0 Å². The van der Waals surface area contributed by atoms with Gasteiger partial charge in [0.15, 0.2) is 0 Å². The Morgan fingerprint density at radius 2 is 1.97 bits per heavy atom. The Morgan fingerprint density at radius 1 is 1.22 bits per heavy atom. The Labute approximate surface area is 192 Å². The number of likely N-dealkylation sites (N-methyl/N-ethyl adjacent to an activating group) is 1. The number of fused-ring (bicyclic) bond motifs is 3. The first-order valence-corrected chi connectivity index (χ1v) is 12.5. The number of nitrogens with one attached hydrogen (secondary N) is 1. The number of hydrogen-bond donors (Lipinski definition) is 2. The van der Waals surface area contributed by atoms with Gasteiger partial charge in [-0.3, -0.25) is 15.8 Å². The van der Waals surface area contributed by atoms with E-state index in [0.29, 0.717) is 12.6 Å². The van der Waals surface area contributed by atoms with Crippen LogP contribution in [-0.4, -0.2) is 62.4 Å². The van der Waals surface area contributed by atoms with Gasteiger partial charge in [0.1, 0.15) is 11.8 Å². The lowest BCUT2D eigenvalue weighted by molar-refractivity contribution is -0.139. The summed E-state index contributed by atoms with van der Waals surface area (Å²) in [6.07, 6.45) is 9.93. The molecule has 3 fully saturated rings. The molecule has 2 spiro atoms. The van der Waals surface area contributed by atoms with Crippen LogP contribution in [0.2, 0.25) is 0 Å². The molecule has 1 amide bonds. The van der Waals surface area contributed by atoms with Crippen LogP contribution in [0, 0.1) is 11.3 Å². The van der Waals surface area contributed by atoms with Crippen LogP contribution in [0.1, 0.15) is 61.6 Å². The highest BCUT2D eigenvalue weighted by Crippen LogP contribution is 2.60. The normalized spacial score (nSPS) is 34.3. The van der Waals surface area contributed by atoms with Crippen molar-refractivity contribution in [2.75, 3.05) is 34.3 Å². The molecule has 5 rings (SSSR count). The van der Waals surface area contributed by atoms with Crippen LogP contribution in [0.5, 0.6) is 0 Å². The fourth-order valence-corrected chi connectivity index (χ4v) is 6.60. The van der Waals surface area contributed by atoms with Crippen LogP contribution in [0.3, 0.4) is 0 Å². The van der Waals surface area contributed by atoms with Crippen LogP contribution in [0.4, 0.5) is 0 Å². The molecule has 3 aliphatic carbocycles. The number of carbonyl (C=O) groups excluding carboxylic acids is 1. The zero-order valence-corrected chi connectivity index (χ0v) is 20.0. The quantitative estimate of drug-likeness (QED) is 0.682. The Balaban J connectivity index is 1.52. The molecule has 1 aliphatic heterocycles. The van der Waals surface area contributed by atoms with Crippen molar-refractivity contribution < 1.29 is 9.53 Å². The Morgan fingerprint density at radius 3 is 2.62 bits per heavy atom. The number of methoxy groups -OCH3 is 1. The molecule has 0 radical (unpaired) electrons. The highest BCUT2D eigenvalue weighted by molar-refractivity contribution is 5.93. The molecule has 0 bridgehead atoms. The molecule has 1 aromatic carbocycles. The number of carbonyl (C=O) groups is 1. The van der Waals surface area contributed by atoms with Crippen molar-refractivity contribution in [1.29, 1.82) is 0 Å². The number of nitrogens with two attached hydrogens (primary N) is 1. The topological polar surface area (TPSA) is 70.8 Å². The van der Waals surface area contributed by atoms with Gasteiger partial charge in [0.2, 0.25) is 0 Å². The molecule has 3 N–H and O–H groups in total. The van der Waals surface area contributed by atoms with E-state index in [9.17, 15) is 4.79 Å². The number of amides is 1. The Bertz CT molecular complexity index is 859. The fourth-order valence-electron chi connectivity index (χ4n) is 6.60. The lowest BCUT2D eigenvalue weighted by Gasteiger charge is -2.46.